The number of allylic oxidation sites excluding steroid dienone is 2. The second kappa shape index (κ2) is 11.4. The lowest BCUT2D eigenvalue weighted by Crippen LogP contribution is -2.69. The van der Waals surface area contributed by atoms with Crippen molar-refractivity contribution in [2.45, 2.75) is 130 Å². The first-order chi connectivity index (χ1) is 23.6. The zero-order valence-corrected chi connectivity index (χ0v) is 31.5. The summed E-state index contributed by atoms with van der Waals surface area (Å²) in [5.74, 6) is 2.30. The van der Waals surface area contributed by atoms with Crippen LogP contribution in [0.25, 0.3) is 5.57 Å². The Morgan fingerprint density at radius 2 is 1.54 bits per heavy atom. The molecule has 2 amide bonds. The van der Waals surface area contributed by atoms with Crippen LogP contribution in [0.1, 0.15) is 135 Å². The van der Waals surface area contributed by atoms with E-state index in [-0.39, 0.29) is 51.8 Å². The number of aromatic carboxylic acids is 1. The van der Waals surface area contributed by atoms with Crippen LogP contribution in [0.15, 0.2) is 42.5 Å². The average Bonchev–Trinajstić information content (AvgIpc) is 3.46. The molecule has 0 bridgehead atoms. The first-order valence-corrected chi connectivity index (χ1v) is 20.0. The van der Waals surface area contributed by atoms with E-state index < -0.39 is 5.97 Å². The molecule has 4 N–H and O–H groups in total. The quantitative estimate of drug-likeness (QED) is 0.225. The Labute approximate surface area is 300 Å². The van der Waals surface area contributed by atoms with Crippen molar-refractivity contribution in [3.8, 4) is 0 Å². The number of benzene rings is 1. The maximum Gasteiger partial charge on any atom is 0.335 e. The van der Waals surface area contributed by atoms with E-state index in [1.54, 1.807) is 12.1 Å². The number of carbonyl (C=O) groups is 2. The van der Waals surface area contributed by atoms with Crippen LogP contribution in [-0.2, 0) is 0 Å². The summed E-state index contributed by atoms with van der Waals surface area (Å²) in [4.78, 5) is 25.4. The van der Waals surface area contributed by atoms with Gasteiger partial charge in [-0.2, -0.15) is 0 Å². The minimum absolute atomic E-state index is 0.00135. The van der Waals surface area contributed by atoms with Crippen LogP contribution in [-0.4, -0.2) is 40.4 Å². The van der Waals surface area contributed by atoms with Gasteiger partial charge in [0, 0.05) is 24.1 Å². The molecule has 11 atom stereocenters. The van der Waals surface area contributed by atoms with Gasteiger partial charge in [-0.15, -0.1) is 0 Å². The van der Waals surface area contributed by atoms with Crippen LogP contribution in [0.3, 0.4) is 0 Å². The van der Waals surface area contributed by atoms with Gasteiger partial charge in [0.2, 0.25) is 0 Å². The SMILES string of the molecule is CC1([C@@H]2CC[C@]3(NC(=O)NC4C=C[C@H](CO)C4)CC[C@]4(C)[C@H](CC[C@@H]5[C@@]6(C)CC=C(c7ccc(C(=O)O)cc7)C(C)(C)[C@@H]6CC[C@]54C)[C@@H]23)CC1. The van der Waals surface area contributed by atoms with Gasteiger partial charge in [0.05, 0.1) is 5.56 Å². The number of carbonyl (C=O) groups excluding carboxylic acids is 1. The third-order valence-electron chi connectivity index (χ3n) is 17.5. The molecule has 0 saturated heterocycles. The van der Waals surface area contributed by atoms with Gasteiger partial charge >= 0.3 is 12.0 Å². The summed E-state index contributed by atoms with van der Waals surface area (Å²) in [6.45, 7) is 15.6. The Morgan fingerprint density at radius 1 is 0.800 bits per heavy atom. The van der Waals surface area contributed by atoms with E-state index in [1.807, 2.05) is 12.1 Å². The first-order valence-electron chi connectivity index (χ1n) is 20.0. The van der Waals surface area contributed by atoms with E-state index in [0.29, 0.717) is 40.6 Å². The lowest BCUT2D eigenvalue weighted by Gasteiger charge is -2.72. The molecular weight excluding hydrogens is 620 g/mol. The third-order valence-corrected chi connectivity index (χ3v) is 17.5. The van der Waals surface area contributed by atoms with E-state index in [1.165, 1.54) is 62.5 Å². The monoisotopic (exact) mass is 682 g/mol. The van der Waals surface area contributed by atoms with Gasteiger partial charge in [0.1, 0.15) is 0 Å². The predicted molar refractivity (Wildman–Crippen MR) is 198 cm³/mol. The minimum atomic E-state index is -0.871. The Bertz CT molecular complexity index is 1610. The number of carboxylic acids is 1. The Morgan fingerprint density at radius 3 is 2.20 bits per heavy atom. The van der Waals surface area contributed by atoms with Crippen molar-refractivity contribution in [3.05, 3.63) is 53.6 Å². The summed E-state index contributed by atoms with van der Waals surface area (Å²) in [5.41, 5.74) is 3.87. The van der Waals surface area contributed by atoms with Gasteiger partial charge < -0.3 is 20.8 Å². The number of hydrogen-bond donors (Lipinski definition) is 4. The highest BCUT2D eigenvalue weighted by molar-refractivity contribution is 5.88. The van der Waals surface area contributed by atoms with E-state index in [2.05, 4.69) is 70.4 Å². The molecule has 7 aliphatic carbocycles. The Balaban J connectivity index is 1.09. The van der Waals surface area contributed by atoms with Gasteiger partial charge in [0.25, 0.3) is 0 Å². The molecule has 0 spiro atoms. The van der Waals surface area contributed by atoms with Crippen LogP contribution in [0.4, 0.5) is 4.79 Å². The average molecular weight is 683 g/mol. The standard InChI is InChI=1S/C44H62N2O4/c1-39(2)31(28-8-10-29(11-9-28)37(48)49)15-18-41(4)34(39)17-19-43(6)35(41)14-13-33-36-32(40(3)21-22-40)16-20-44(36,24-23-42(33,43)5)46-38(50)45-30-12-7-27(25-30)26-47/h7-12,15,27,30,32-36,47H,13-14,16-26H2,1-6H3,(H,48,49)(H2,45,46,50)/t27-,30?,32+,33+,34-,35+,36+,41-,42+,43+,44-/m0/s1. The van der Waals surface area contributed by atoms with E-state index in [0.717, 1.165) is 25.7 Å². The third kappa shape index (κ3) is 4.88. The lowest BCUT2D eigenvalue weighted by molar-refractivity contribution is -0.221. The predicted octanol–water partition coefficient (Wildman–Crippen LogP) is 9.25. The molecule has 8 rings (SSSR count). The topological polar surface area (TPSA) is 98.7 Å². The number of aliphatic hydroxyl groups is 1. The number of rotatable bonds is 6. The summed E-state index contributed by atoms with van der Waals surface area (Å²) < 4.78 is 0. The van der Waals surface area contributed by atoms with Gasteiger partial charge in [-0.25, -0.2) is 9.59 Å². The van der Waals surface area contributed by atoms with Crippen LogP contribution >= 0.6 is 0 Å². The summed E-state index contributed by atoms with van der Waals surface area (Å²) in [5, 5.41) is 26.2. The summed E-state index contributed by atoms with van der Waals surface area (Å²) >= 11 is 0. The maximum absolute atomic E-state index is 13.8. The molecule has 5 fully saturated rings. The van der Waals surface area contributed by atoms with E-state index in [4.69, 9.17) is 0 Å². The first kappa shape index (κ1) is 34.5. The minimum Gasteiger partial charge on any atom is -0.478 e. The summed E-state index contributed by atoms with van der Waals surface area (Å²) in [6, 6.07) is 7.57. The fraction of sp³-hybridized carbons (Fsp3) is 0.727. The number of carboxylic acid groups (broad SMARTS) is 1. The molecule has 1 unspecified atom stereocenters. The zero-order chi connectivity index (χ0) is 35.5. The number of fused-ring (bicyclic) bond motifs is 7. The molecule has 0 heterocycles. The Kier molecular flexibility index (Phi) is 7.90. The number of hydrogen-bond acceptors (Lipinski definition) is 3. The molecule has 50 heavy (non-hydrogen) atoms. The number of aliphatic hydroxyl groups excluding tert-OH is 1. The summed E-state index contributed by atoms with van der Waals surface area (Å²) in [7, 11) is 0. The molecule has 7 aliphatic rings. The van der Waals surface area contributed by atoms with Crippen molar-refractivity contribution in [2.75, 3.05) is 6.61 Å². The second-order valence-corrected chi connectivity index (χ2v) is 19.8. The van der Waals surface area contributed by atoms with Crippen molar-refractivity contribution in [1.29, 1.82) is 0 Å². The van der Waals surface area contributed by atoms with Gasteiger partial charge in [-0.1, -0.05) is 71.9 Å². The normalized spacial score (nSPS) is 44.9. The molecule has 0 aliphatic heterocycles. The number of urea groups is 1. The second-order valence-electron chi connectivity index (χ2n) is 19.8. The van der Waals surface area contributed by atoms with Gasteiger partial charge in [-0.3, -0.25) is 0 Å². The van der Waals surface area contributed by atoms with Crippen molar-refractivity contribution in [2.24, 2.45) is 62.6 Å². The lowest BCUT2D eigenvalue weighted by atomic mass is 9.32. The van der Waals surface area contributed by atoms with E-state index >= 15 is 0 Å². The molecule has 1 aromatic rings. The van der Waals surface area contributed by atoms with Gasteiger partial charge in [0.15, 0.2) is 0 Å². The zero-order valence-electron chi connectivity index (χ0n) is 31.5. The molecule has 1 aromatic carbocycles. The highest BCUT2D eigenvalue weighted by Gasteiger charge is 2.72. The fourth-order valence-corrected chi connectivity index (χ4v) is 14.5. The maximum atomic E-state index is 13.8. The molecule has 6 heteroatoms. The fourth-order valence-electron chi connectivity index (χ4n) is 14.5. The molecule has 272 valence electrons. The smallest absolute Gasteiger partial charge is 0.335 e. The Hall–Kier alpha value is -2.60. The van der Waals surface area contributed by atoms with Crippen LogP contribution < -0.4 is 10.6 Å². The highest BCUT2D eigenvalue weighted by Crippen LogP contribution is 2.78. The van der Waals surface area contributed by atoms with Crippen molar-refractivity contribution in [1.82, 2.24) is 10.6 Å². The highest BCUT2D eigenvalue weighted by atomic mass is 16.4. The molecule has 0 aromatic heterocycles. The van der Waals surface area contributed by atoms with Crippen molar-refractivity contribution < 1.29 is 19.8 Å². The van der Waals surface area contributed by atoms with Gasteiger partial charge in [-0.05, 0) is 157 Å². The molecular formula is C44H62N2O4. The van der Waals surface area contributed by atoms with Crippen molar-refractivity contribution >= 4 is 17.6 Å². The number of amides is 2. The molecule has 6 nitrogen and oxygen atoms in total. The van der Waals surface area contributed by atoms with E-state index in [9.17, 15) is 19.8 Å². The van der Waals surface area contributed by atoms with Crippen molar-refractivity contribution in [3.63, 3.8) is 0 Å². The largest absolute Gasteiger partial charge is 0.478 e. The van der Waals surface area contributed by atoms with Crippen LogP contribution in [0.2, 0.25) is 0 Å². The summed E-state index contributed by atoms with van der Waals surface area (Å²) in [6.07, 6.45) is 20.8. The molecule has 5 saturated carbocycles. The number of nitrogens with one attached hydrogen (secondary N) is 2. The molecule has 0 radical (unpaired) electrons. The van der Waals surface area contributed by atoms with Crippen LogP contribution in [0.5, 0.6) is 0 Å². The van der Waals surface area contributed by atoms with Crippen LogP contribution in [0, 0.1) is 62.6 Å².